The standard InChI is InChI=1S/C15H19FN4O3/c1-8-4-10-13(21)20(2)14(17)19-15(10,7-23-8)9-5-12(22-3)18-6-11(9)16/h5-6,8,10H,4,7H2,1-3H3,(H2,17,19)/t8-,10-,15+/m0/s1. The van der Waals surface area contributed by atoms with E-state index < -0.39 is 17.3 Å². The highest BCUT2D eigenvalue weighted by Crippen LogP contribution is 2.42. The lowest BCUT2D eigenvalue weighted by Gasteiger charge is -2.51. The van der Waals surface area contributed by atoms with Crippen molar-refractivity contribution in [2.45, 2.75) is 25.0 Å². The lowest BCUT2D eigenvalue weighted by Crippen LogP contribution is -2.69. The summed E-state index contributed by atoms with van der Waals surface area (Å²) in [4.78, 5) is 17.8. The Hall–Kier alpha value is -2.22. The third-order valence-corrected chi connectivity index (χ3v) is 4.58. The maximum atomic E-state index is 14.5. The molecule has 0 bridgehead atoms. The van der Waals surface area contributed by atoms with Crippen molar-refractivity contribution < 1.29 is 18.7 Å². The molecule has 1 amide bonds. The number of hydrogen-bond donors (Lipinski definition) is 2. The van der Waals surface area contributed by atoms with Gasteiger partial charge in [-0.2, -0.15) is 0 Å². The van der Waals surface area contributed by atoms with E-state index in [0.717, 1.165) is 6.20 Å². The zero-order chi connectivity index (χ0) is 16.8. The molecular formula is C15H19FN4O3. The number of amides is 1. The van der Waals surface area contributed by atoms with Crippen molar-refractivity contribution in [3.8, 4) is 5.88 Å². The van der Waals surface area contributed by atoms with E-state index in [2.05, 4.69) is 10.3 Å². The molecule has 2 aliphatic rings. The van der Waals surface area contributed by atoms with Gasteiger partial charge in [-0.1, -0.05) is 0 Å². The van der Waals surface area contributed by atoms with Gasteiger partial charge in [-0.05, 0) is 13.3 Å². The first kappa shape index (κ1) is 15.7. The Morgan fingerprint density at radius 3 is 3.04 bits per heavy atom. The van der Waals surface area contributed by atoms with Gasteiger partial charge in [0, 0.05) is 18.7 Å². The Bertz CT molecular complexity index is 668. The number of carbonyl (C=O) groups is 1. The molecule has 0 radical (unpaired) electrons. The van der Waals surface area contributed by atoms with Crippen LogP contribution in [0.5, 0.6) is 5.88 Å². The molecule has 2 N–H and O–H groups in total. The van der Waals surface area contributed by atoms with Gasteiger partial charge in [-0.15, -0.1) is 0 Å². The summed E-state index contributed by atoms with van der Waals surface area (Å²) in [5, 5.41) is 11.0. The zero-order valence-electron chi connectivity index (χ0n) is 13.2. The molecule has 23 heavy (non-hydrogen) atoms. The number of nitrogens with one attached hydrogen (secondary N) is 2. The highest BCUT2D eigenvalue weighted by molar-refractivity contribution is 6.00. The molecule has 3 atom stereocenters. The van der Waals surface area contributed by atoms with E-state index in [1.54, 1.807) is 0 Å². The molecule has 0 unspecified atom stereocenters. The lowest BCUT2D eigenvalue weighted by atomic mass is 9.72. The van der Waals surface area contributed by atoms with Crippen molar-refractivity contribution in [1.29, 1.82) is 5.41 Å². The summed E-state index contributed by atoms with van der Waals surface area (Å²) in [6, 6.07) is 1.46. The van der Waals surface area contributed by atoms with Crippen LogP contribution < -0.4 is 10.1 Å². The molecule has 2 saturated heterocycles. The minimum Gasteiger partial charge on any atom is -0.481 e. The number of nitrogens with zero attached hydrogens (tertiary/aromatic N) is 2. The quantitative estimate of drug-likeness (QED) is 0.843. The van der Waals surface area contributed by atoms with Crippen molar-refractivity contribution in [2.24, 2.45) is 5.92 Å². The van der Waals surface area contributed by atoms with Gasteiger partial charge < -0.3 is 14.8 Å². The number of methoxy groups -OCH3 is 1. The molecule has 3 heterocycles. The normalized spacial score (nSPS) is 30.7. The number of guanidine groups is 1. The average molecular weight is 322 g/mol. The van der Waals surface area contributed by atoms with Crippen LogP contribution in [0, 0.1) is 17.1 Å². The minimum absolute atomic E-state index is 0.0837. The Morgan fingerprint density at radius 1 is 1.61 bits per heavy atom. The van der Waals surface area contributed by atoms with E-state index >= 15 is 0 Å². The van der Waals surface area contributed by atoms with Gasteiger partial charge in [0.1, 0.15) is 11.4 Å². The lowest BCUT2D eigenvalue weighted by molar-refractivity contribution is -0.148. The minimum atomic E-state index is -1.13. The van der Waals surface area contributed by atoms with E-state index in [1.165, 1.54) is 25.1 Å². The van der Waals surface area contributed by atoms with Crippen LogP contribution >= 0.6 is 0 Å². The highest BCUT2D eigenvalue weighted by atomic mass is 19.1. The molecule has 2 fully saturated rings. The van der Waals surface area contributed by atoms with Crippen molar-refractivity contribution in [2.75, 3.05) is 20.8 Å². The predicted molar refractivity (Wildman–Crippen MR) is 79.6 cm³/mol. The molecule has 1 aromatic heterocycles. The van der Waals surface area contributed by atoms with Crippen molar-refractivity contribution in [3.63, 3.8) is 0 Å². The van der Waals surface area contributed by atoms with E-state index in [9.17, 15) is 9.18 Å². The van der Waals surface area contributed by atoms with E-state index in [4.69, 9.17) is 14.9 Å². The summed E-state index contributed by atoms with van der Waals surface area (Å²) in [5.74, 6) is -1.16. The molecule has 0 saturated carbocycles. The third-order valence-electron chi connectivity index (χ3n) is 4.58. The fourth-order valence-corrected chi connectivity index (χ4v) is 3.26. The van der Waals surface area contributed by atoms with Crippen molar-refractivity contribution in [1.82, 2.24) is 15.2 Å². The molecular weight excluding hydrogens is 303 g/mol. The second kappa shape index (κ2) is 5.45. The topological polar surface area (TPSA) is 87.5 Å². The van der Waals surface area contributed by atoms with Crippen LogP contribution in [-0.2, 0) is 15.1 Å². The monoisotopic (exact) mass is 322 g/mol. The van der Waals surface area contributed by atoms with Crippen LogP contribution in [0.1, 0.15) is 18.9 Å². The second-order valence-electron chi connectivity index (χ2n) is 5.96. The number of pyridine rings is 1. The highest BCUT2D eigenvalue weighted by Gasteiger charge is 2.54. The van der Waals surface area contributed by atoms with Crippen LogP contribution in [0.4, 0.5) is 4.39 Å². The van der Waals surface area contributed by atoms with Crippen LogP contribution in [0.3, 0.4) is 0 Å². The molecule has 8 heteroatoms. The number of hydrogen-bond acceptors (Lipinski definition) is 5. The maximum Gasteiger partial charge on any atom is 0.235 e. The smallest absolute Gasteiger partial charge is 0.235 e. The zero-order valence-corrected chi connectivity index (χ0v) is 13.2. The van der Waals surface area contributed by atoms with Crippen LogP contribution in [0.2, 0.25) is 0 Å². The number of rotatable bonds is 2. The molecule has 1 aromatic rings. The average Bonchev–Trinajstić information content (AvgIpc) is 2.54. The summed E-state index contributed by atoms with van der Waals surface area (Å²) in [5.41, 5.74) is -0.902. The SMILES string of the molecule is COc1cc([C@]23CO[C@@H](C)C[C@H]2C(=O)N(C)C(=N)N3)c(F)cn1. The molecule has 124 valence electrons. The summed E-state index contributed by atoms with van der Waals surface area (Å²) < 4.78 is 25.3. The number of carbonyl (C=O) groups excluding carboxylic acids is 1. The Balaban J connectivity index is 2.15. The Kier molecular flexibility index (Phi) is 3.71. The Labute approximate surface area is 133 Å². The van der Waals surface area contributed by atoms with Gasteiger partial charge in [0.05, 0.1) is 31.9 Å². The number of ether oxygens (including phenoxy) is 2. The summed E-state index contributed by atoms with van der Waals surface area (Å²) in [6.45, 7) is 1.96. The summed E-state index contributed by atoms with van der Waals surface area (Å²) in [7, 11) is 2.97. The van der Waals surface area contributed by atoms with Gasteiger partial charge in [0.15, 0.2) is 5.96 Å². The first-order valence-electron chi connectivity index (χ1n) is 7.35. The number of halogens is 1. The maximum absolute atomic E-state index is 14.5. The van der Waals surface area contributed by atoms with E-state index in [0.29, 0.717) is 6.42 Å². The van der Waals surface area contributed by atoms with Crippen LogP contribution in [0.25, 0.3) is 0 Å². The van der Waals surface area contributed by atoms with Crippen LogP contribution in [-0.4, -0.2) is 48.6 Å². The second-order valence-corrected chi connectivity index (χ2v) is 5.96. The molecule has 0 aliphatic carbocycles. The third kappa shape index (κ3) is 2.33. The first-order valence-corrected chi connectivity index (χ1v) is 7.35. The number of aromatic nitrogens is 1. The van der Waals surface area contributed by atoms with E-state index in [-0.39, 0.29) is 36.0 Å². The van der Waals surface area contributed by atoms with Gasteiger partial charge in [-0.25, -0.2) is 9.37 Å². The van der Waals surface area contributed by atoms with E-state index in [1.807, 2.05) is 6.92 Å². The first-order chi connectivity index (χ1) is 10.9. The predicted octanol–water partition coefficient (Wildman–Crippen LogP) is 0.846. The molecule has 7 nitrogen and oxygen atoms in total. The fraction of sp³-hybridized carbons (Fsp3) is 0.533. The van der Waals surface area contributed by atoms with Crippen molar-refractivity contribution >= 4 is 11.9 Å². The summed E-state index contributed by atoms with van der Waals surface area (Å²) >= 11 is 0. The van der Waals surface area contributed by atoms with Gasteiger partial charge >= 0.3 is 0 Å². The van der Waals surface area contributed by atoms with Gasteiger partial charge in [-0.3, -0.25) is 15.1 Å². The molecule has 0 aromatic carbocycles. The fourth-order valence-electron chi connectivity index (χ4n) is 3.26. The largest absolute Gasteiger partial charge is 0.481 e. The molecule has 2 aliphatic heterocycles. The van der Waals surface area contributed by atoms with Crippen LogP contribution in [0.15, 0.2) is 12.3 Å². The number of fused-ring (bicyclic) bond motifs is 1. The van der Waals surface area contributed by atoms with Gasteiger partial charge in [0.25, 0.3) is 0 Å². The Morgan fingerprint density at radius 2 is 2.35 bits per heavy atom. The van der Waals surface area contributed by atoms with Crippen molar-refractivity contribution in [3.05, 3.63) is 23.6 Å². The molecule has 0 spiro atoms. The summed E-state index contributed by atoms with van der Waals surface area (Å²) in [6.07, 6.45) is 1.38. The molecule has 3 rings (SSSR count). The van der Waals surface area contributed by atoms with Gasteiger partial charge in [0.2, 0.25) is 11.8 Å².